The predicted molar refractivity (Wildman–Crippen MR) is 50.7 cm³/mol. The summed E-state index contributed by atoms with van der Waals surface area (Å²) in [4.78, 5) is 10.5. The molecule has 12 heavy (non-hydrogen) atoms. The molecule has 1 atom stereocenters. The number of hydrogen-bond donors (Lipinski definition) is 0. The molecule has 1 nitrogen and oxygen atoms in total. The van der Waals surface area contributed by atoms with Gasteiger partial charge in [-0.3, -0.25) is 0 Å². The van der Waals surface area contributed by atoms with Gasteiger partial charge >= 0.3 is 0 Å². The lowest BCUT2D eigenvalue weighted by Crippen LogP contribution is -1.95. The summed E-state index contributed by atoms with van der Waals surface area (Å²) in [7, 11) is 0. The average molecular weight is 183 g/mol. The Hall–Kier alpha value is -0.820. The fourth-order valence-corrected chi connectivity index (χ4v) is 1.38. The minimum Gasteiger partial charge on any atom is -0.303 e. The Balaban J connectivity index is 3.12. The van der Waals surface area contributed by atoms with E-state index in [0.29, 0.717) is 5.02 Å². The Kier molecular flexibility index (Phi) is 2.88. The van der Waals surface area contributed by atoms with Crippen molar-refractivity contribution in [3.05, 3.63) is 34.3 Å². The number of aldehydes is 1. The third kappa shape index (κ3) is 1.86. The van der Waals surface area contributed by atoms with Crippen LogP contribution in [0.4, 0.5) is 0 Å². The molecule has 0 aromatic heterocycles. The SMILES string of the molecule is Cc1ccc(Cl)c(C(C)C=O)c1. The molecule has 1 aromatic carbocycles. The van der Waals surface area contributed by atoms with E-state index in [4.69, 9.17) is 11.6 Å². The van der Waals surface area contributed by atoms with Crippen molar-refractivity contribution < 1.29 is 4.79 Å². The number of hydrogen-bond acceptors (Lipinski definition) is 1. The molecule has 0 bridgehead atoms. The highest BCUT2D eigenvalue weighted by atomic mass is 35.5. The fourth-order valence-electron chi connectivity index (χ4n) is 1.09. The maximum absolute atomic E-state index is 10.5. The van der Waals surface area contributed by atoms with Crippen molar-refractivity contribution in [3.8, 4) is 0 Å². The number of rotatable bonds is 2. The van der Waals surface area contributed by atoms with Crippen LogP contribution in [0, 0.1) is 6.92 Å². The van der Waals surface area contributed by atoms with Gasteiger partial charge in [-0.2, -0.15) is 0 Å². The molecule has 1 unspecified atom stereocenters. The lowest BCUT2D eigenvalue weighted by atomic mass is 10.0. The van der Waals surface area contributed by atoms with Crippen LogP contribution in [-0.2, 0) is 4.79 Å². The normalized spacial score (nSPS) is 12.6. The van der Waals surface area contributed by atoms with Gasteiger partial charge in [0, 0.05) is 10.9 Å². The van der Waals surface area contributed by atoms with Gasteiger partial charge in [0.15, 0.2) is 0 Å². The average Bonchev–Trinajstić information content (AvgIpc) is 2.08. The summed E-state index contributed by atoms with van der Waals surface area (Å²) in [6, 6.07) is 5.71. The van der Waals surface area contributed by atoms with Crippen LogP contribution in [0.3, 0.4) is 0 Å². The van der Waals surface area contributed by atoms with Crippen LogP contribution in [0.1, 0.15) is 24.0 Å². The zero-order valence-electron chi connectivity index (χ0n) is 7.17. The molecule has 0 N–H and O–H groups in total. The van der Waals surface area contributed by atoms with Gasteiger partial charge < -0.3 is 4.79 Å². The van der Waals surface area contributed by atoms with Gasteiger partial charge in [-0.15, -0.1) is 0 Å². The smallest absolute Gasteiger partial charge is 0.127 e. The quantitative estimate of drug-likeness (QED) is 0.643. The minimum atomic E-state index is -0.114. The molecule has 64 valence electrons. The van der Waals surface area contributed by atoms with Crippen LogP contribution in [0.25, 0.3) is 0 Å². The highest BCUT2D eigenvalue weighted by Crippen LogP contribution is 2.23. The van der Waals surface area contributed by atoms with E-state index in [1.54, 1.807) is 0 Å². The lowest BCUT2D eigenvalue weighted by Gasteiger charge is -2.07. The first-order valence-electron chi connectivity index (χ1n) is 3.86. The molecular formula is C10H11ClO. The number of carbonyl (C=O) groups is 1. The van der Waals surface area contributed by atoms with Gasteiger partial charge in [-0.05, 0) is 18.6 Å². The van der Waals surface area contributed by atoms with Gasteiger partial charge in [-0.1, -0.05) is 36.2 Å². The molecular weight excluding hydrogens is 172 g/mol. The molecule has 0 spiro atoms. The van der Waals surface area contributed by atoms with E-state index in [-0.39, 0.29) is 5.92 Å². The molecule has 0 saturated carbocycles. The number of benzene rings is 1. The fraction of sp³-hybridized carbons (Fsp3) is 0.300. The number of aryl methyl sites for hydroxylation is 1. The third-order valence-corrected chi connectivity index (χ3v) is 2.19. The topological polar surface area (TPSA) is 17.1 Å². The molecule has 0 saturated heterocycles. The van der Waals surface area contributed by atoms with Crippen molar-refractivity contribution in [2.45, 2.75) is 19.8 Å². The maximum atomic E-state index is 10.5. The largest absolute Gasteiger partial charge is 0.303 e. The first-order chi connectivity index (χ1) is 5.65. The summed E-state index contributed by atoms with van der Waals surface area (Å²) in [6.45, 7) is 3.82. The van der Waals surface area contributed by atoms with Gasteiger partial charge in [0.2, 0.25) is 0 Å². The van der Waals surface area contributed by atoms with E-state index in [2.05, 4.69) is 0 Å². The van der Waals surface area contributed by atoms with Crippen molar-refractivity contribution in [2.75, 3.05) is 0 Å². The monoisotopic (exact) mass is 182 g/mol. The summed E-state index contributed by atoms with van der Waals surface area (Å²) in [5, 5.41) is 0.667. The molecule has 0 aliphatic rings. The molecule has 0 fully saturated rings. The van der Waals surface area contributed by atoms with E-state index in [1.807, 2.05) is 32.0 Å². The second-order valence-corrected chi connectivity index (χ2v) is 3.36. The highest BCUT2D eigenvalue weighted by molar-refractivity contribution is 6.31. The highest BCUT2D eigenvalue weighted by Gasteiger charge is 2.07. The summed E-state index contributed by atoms with van der Waals surface area (Å²) >= 11 is 5.91. The van der Waals surface area contributed by atoms with Crippen LogP contribution in [0.2, 0.25) is 5.02 Å². The van der Waals surface area contributed by atoms with Crippen LogP contribution in [0.5, 0.6) is 0 Å². The Morgan fingerprint density at radius 3 is 2.75 bits per heavy atom. The number of halogens is 1. The molecule has 0 aliphatic heterocycles. The van der Waals surface area contributed by atoms with Crippen molar-refractivity contribution >= 4 is 17.9 Å². The molecule has 0 aliphatic carbocycles. The van der Waals surface area contributed by atoms with Crippen LogP contribution in [-0.4, -0.2) is 6.29 Å². The van der Waals surface area contributed by atoms with Crippen molar-refractivity contribution in [1.82, 2.24) is 0 Å². The maximum Gasteiger partial charge on any atom is 0.127 e. The summed E-state index contributed by atoms with van der Waals surface area (Å²) in [6.07, 6.45) is 0.903. The molecule has 1 rings (SSSR count). The summed E-state index contributed by atoms with van der Waals surface area (Å²) in [5.41, 5.74) is 2.04. The van der Waals surface area contributed by atoms with E-state index in [1.165, 1.54) is 0 Å². The molecule has 0 amide bonds. The van der Waals surface area contributed by atoms with Crippen molar-refractivity contribution in [2.24, 2.45) is 0 Å². The number of carbonyl (C=O) groups excluding carboxylic acids is 1. The van der Waals surface area contributed by atoms with Gasteiger partial charge in [0.1, 0.15) is 6.29 Å². The van der Waals surface area contributed by atoms with Gasteiger partial charge in [-0.25, -0.2) is 0 Å². The Bertz CT molecular complexity index is 294. The zero-order valence-corrected chi connectivity index (χ0v) is 7.93. The standard InChI is InChI=1S/C10H11ClO/c1-7-3-4-10(11)9(5-7)8(2)6-12/h3-6,8H,1-2H3. The Labute approximate surface area is 77.4 Å². The zero-order chi connectivity index (χ0) is 9.14. The van der Waals surface area contributed by atoms with Gasteiger partial charge in [0.25, 0.3) is 0 Å². The van der Waals surface area contributed by atoms with E-state index < -0.39 is 0 Å². The van der Waals surface area contributed by atoms with Crippen molar-refractivity contribution in [1.29, 1.82) is 0 Å². The first kappa shape index (κ1) is 9.27. The molecule has 0 radical (unpaired) electrons. The third-order valence-electron chi connectivity index (χ3n) is 1.85. The van der Waals surface area contributed by atoms with Crippen LogP contribution < -0.4 is 0 Å². The lowest BCUT2D eigenvalue weighted by molar-refractivity contribution is -0.108. The van der Waals surface area contributed by atoms with Crippen molar-refractivity contribution in [3.63, 3.8) is 0 Å². The predicted octanol–water partition coefficient (Wildman–Crippen LogP) is 2.95. The molecule has 1 aromatic rings. The second kappa shape index (κ2) is 3.72. The molecule has 2 heteroatoms. The Morgan fingerprint density at radius 2 is 2.17 bits per heavy atom. The minimum absolute atomic E-state index is 0.114. The Morgan fingerprint density at radius 1 is 1.50 bits per heavy atom. The first-order valence-corrected chi connectivity index (χ1v) is 4.24. The summed E-state index contributed by atoms with van der Waals surface area (Å²) < 4.78 is 0. The van der Waals surface area contributed by atoms with E-state index in [0.717, 1.165) is 17.4 Å². The second-order valence-electron chi connectivity index (χ2n) is 2.95. The van der Waals surface area contributed by atoms with E-state index in [9.17, 15) is 4.79 Å². The van der Waals surface area contributed by atoms with Crippen LogP contribution >= 0.6 is 11.6 Å². The van der Waals surface area contributed by atoms with E-state index >= 15 is 0 Å². The molecule has 0 heterocycles. The van der Waals surface area contributed by atoms with Gasteiger partial charge in [0.05, 0.1) is 0 Å². The summed E-state index contributed by atoms with van der Waals surface area (Å²) in [5.74, 6) is -0.114. The van der Waals surface area contributed by atoms with Crippen LogP contribution in [0.15, 0.2) is 18.2 Å².